The zero-order valence-electron chi connectivity index (χ0n) is 9.97. The van der Waals surface area contributed by atoms with Crippen LogP contribution in [0.25, 0.3) is 0 Å². The van der Waals surface area contributed by atoms with Gasteiger partial charge in [-0.25, -0.2) is 4.79 Å². The molecule has 1 aromatic heterocycles. The van der Waals surface area contributed by atoms with E-state index in [4.69, 9.17) is 0 Å². The number of rotatable bonds is 3. The van der Waals surface area contributed by atoms with Gasteiger partial charge >= 0.3 is 5.63 Å². The monoisotopic (exact) mass is 243 g/mol. The molecule has 18 heavy (non-hydrogen) atoms. The van der Waals surface area contributed by atoms with Crippen LogP contribution in [0.1, 0.15) is 21.5 Å². The molecule has 1 N–H and O–H groups in total. The lowest BCUT2D eigenvalue weighted by atomic mass is 10.1. The topological polar surface area (TPSA) is 59.3 Å². The third kappa shape index (κ3) is 3.07. The van der Waals surface area contributed by atoms with Gasteiger partial charge in [-0.2, -0.15) is 0 Å². The molecule has 0 aliphatic heterocycles. The number of carbonyl (C=O) groups is 1. The number of carbonyl (C=O) groups excluding carboxylic acids is 1. The van der Waals surface area contributed by atoms with Crippen LogP contribution in [0.4, 0.5) is 0 Å². The molecule has 1 amide bonds. The third-order valence-electron chi connectivity index (χ3n) is 2.50. The molecule has 0 saturated carbocycles. The van der Waals surface area contributed by atoms with Gasteiger partial charge in [0.15, 0.2) is 0 Å². The van der Waals surface area contributed by atoms with Crippen LogP contribution in [-0.4, -0.2) is 5.91 Å². The SMILES string of the molecule is Cc1cccc(CNC(=O)c2ccc(=O)oc2)c1. The van der Waals surface area contributed by atoms with Crippen molar-refractivity contribution < 1.29 is 9.21 Å². The number of hydrogen-bond donors (Lipinski definition) is 1. The van der Waals surface area contributed by atoms with E-state index in [1.807, 2.05) is 31.2 Å². The maximum atomic E-state index is 11.7. The van der Waals surface area contributed by atoms with Crippen molar-refractivity contribution in [3.63, 3.8) is 0 Å². The second-order valence-corrected chi connectivity index (χ2v) is 4.02. The van der Waals surface area contributed by atoms with Crippen molar-refractivity contribution in [1.29, 1.82) is 0 Å². The Labute approximate surface area is 104 Å². The highest BCUT2D eigenvalue weighted by molar-refractivity contribution is 5.93. The molecular formula is C14H13NO3. The van der Waals surface area contributed by atoms with E-state index in [0.717, 1.165) is 17.4 Å². The van der Waals surface area contributed by atoms with Gasteiger partial charge in [0.2, 0.25) is 0 Å². The lowest BCUT2D eigenvalue weighted by Crippen LogP contribution is -2.23. The highest BCUT2D eigenvalue weighted by Crippen LogP contribution is 2.04. The van der Waals surface area contributed by atoms with Crippen molar-refractivity contribution in [3.8, 4) is 0 Å². The van der Waals surface area contributed by atoms with Crippen molar-refractivity contribution in [1.82, 2.24) is 5.32 Å². The summed E-state index contributed by atoms with van der Waals surface area (Å²) in [4.78, 5) is 22.5. The van der Waals surface area contributed by atoms with E-state index in [9.17, 15) is 9.59 Å². The highest BCUT2D eigenvalue weighted by Gasteiger charge is 2.05. The second kappa shape index (κ2) is 5.31. The average Bonchev–Trinajstić information content (AvgIpc) is 2.37. The fourth-order valence-electron chi connectivity index (χ4n) is 1.59. The van der Waals surface area contributed by atoms with E-state index in [0.29, 0.717) is 12.1 Å². The maximum Gasteiger partial charge on any atom is 0.335 e. The first-order valence-electron chi connectivity index (χ1n) is 5.58. The molecule has 92 valence electrons. The summed E-state index contributed by atoms with van der Waals surface area (Å²) in [6.07, 6.45) is 1.16. The van der Waals surface area contributed by atoms with Crippen LogP contribution in [0.15, 0.2) is 51.9 Å². The van der Waals surface area contributed by atoms with Gasteiger partial charge in [0.05, 0.1) is 5.56 Å². The Morgan fingerprint density at radius 3 is 2.78 bits per heavy atom. The van der Waals surface area contributed by atoms with Crippen LogP contribution in [-0.2, 0) is 6.54 Å². The molecule has 1 heterocycles. The van der Waals surface area contributed by atoms with E-state index in [-0.39, 0.29) is 5.91 Å². The summed E-state index contributed by atoms with van der Waals surface area (Å²) >= 11 is 0. The lowest BCUT2D eigenvalue weighted by Gasteiger charge is -2.05. The molecule has 0 aliphatic rings. The summed E-state index contributed by atoms with van der Waals surface area (Å²) in [6, 6.07) is 10.6. The number of benzene rings is 1. The van der Waals surface area contributed by atoms with E-state index >= 15 is 0 Å². The third-order valence-corrected chi connectivity index (χ3v) is 2.50. The highest BCUT2D eigenvalue weighted by atomic mass is 16.4. The largest absolute Gasteiger partial charge is 0.430 e. The fourth-order valence-corrected chi connectivity index (χ4v) is 1.59. The van der Waals surface area contributed by atoms with Crippen molar-refractivity contribution in [3.05, 3.63) is 69.8 Å². The van der Waals surface area contributed by atoms with Crippen LogP contribution in [0.5, 0.6) is 0 Å². The summed E-state index contributed by atoms with van der Waals surface area (Å²) in [5.74, 6) is -0.264. The van der Waals surface area contributed by atoms with Crippen LogP contribution in [0, 0.1) is 6.92 Å². The van der Waals surface area contributed by atoms with Crippen LogP contribution in [0.3, 0.4) is 0 Å². The van der Waals surface area contributed by atoms with Gasteiger partial charge in [0.1, 0.15) is 6.26 Å². The quantitative estimate of drug-likeness (QED) is 0.895. The van der Waals surface area contributed by atoms with E-state index < -0.39 is 5.63 Å². The number of nitrogens with one attached hydrogen (secondary N) is 1. The van der Waals surface area contributed by atoms with E-state index in [1.54, 1.807) is 0 Å². The van der Waals surface area contributed by atoms with E-state index in [2.05, 4.69) is 9.73 Å². The van der Waals surface area contributed by atoms with Gasteiger partial charge in [-0.3, -0.25) is 4.79 Å². The first-order chi connectivity index (χ1) is 8.65. The standard InChI is InChI=1S/C14H13NO3/c1-10-3-2-4-11(7-10)8-15-14(17)12-5-6-13(16)18-9-12/h2-7,9H,8H2,1H3,(H,15,17). The molecular weight excluding hydrogens is 230 g/mol. The number of aryl methyl sites for hydroxylation is 1. The minimum atomic E-state index is -0.467. The van der Waals surface area contributed by atoms with Crippen molar-refractivity contribution in [2.75, 3.05) is 0 Å². The molecule has 0 unspecified atom stereocenters. The zero-order valence-corrected chi connectivity index (χ0v) is 9.97. The van der Waals surface area contributed by atoms with Gasteiger partial charge in [0, 0.05) is 12.6 Å². The molecule has 0 bridgehead atoms. The molecule has 0 saturated heterocycles. The maximum absolute atomic E-state index is 11.7. The Kier molecular flexibility index (Phi) is 3.57. The average molecular weight is 243 g/mol. The Bertz CT molecular complexity index is 596. The predicted molar refractivity (Wildman–Crippen MR) is 67.3 cm³/mol. The molecule has 0 radical (unpaired) electrons. The van der Waals surface area contributed by atoms with Gasteiger partial charge in [-0.05, 0) is 18.6 Å². The molecule has 0 atom stereocenters. The summed E-state index contributed by atoms with van der Waals surface area (Å²) in [7, 11) is 0. The lowest BCUT2D eigenvalue weighted by molar-refractivity contribution is 0.0948. The second-order valence-electron chi connectivity index (χ2n) is 4.02. The minimum absolute atomic E-state index is 0.264. The van der Waals surface area contributed by atoms with Gasteiger partial charge in [0.25, 0.3) is 5.91 Å². The van der Waals surface area contributed by atoms with Crippen molar-refractivity contribution in [2.24, 2.45) is 0 Å². The van der Waals surface area contributed by atoms with Crippen molar-refractivity contribution >= 4 is 5.91 Å². The molecule has 0 fully saturated rings. The predicted octanol–water partition coefficient (Wildman–Crippen LogP) is 1.88. The van der Waals surface area contributed by atoms with Gasteiger partial charge in [-0.15, -0.1) is 0 Å². The molecule has 0 aliphatic carbocycles. The van der Waals surface area contributed by atoms with E-state index in [1.165, 1.54) is 12.1 Å². The smallest absolute Gasteiger partial charge is 0.335 e. The molecule has 1 aromatic carbocycles. The first-order valence-corrected chi connectivity index (χ1v) is 5.58. The summed E-state index contributed by atoms with van der Waals surface area (Å²) < 4.78 is 4.63. The van der Waals surface area contributed by atoms with Gasteiger partial charge in [-0.1, -0.05) is 29.8 Å². The summed E-state index contributed by atoms with van der Waals surface area (Å²) in [6.45, 7) is 2.44. The van der Waals surface area contributed by atoms with Crippen LogP contribution >= 0.6 is 0 Å². The molecule has 2 aromatic rings. The van der Waals surface area contributed by atoms with Crippen LogP contribution < -0.4 is 10.9 Å². The Hall–Kier alpha value is -2.36. The van der Waals surface area contributed by atoms with Crippen molar-refractivity contribution in [2.45, 2.75) is 13.5 Å². The number of amides is 1. The first kappa shape index (κ1) is 12.1. The molecule has 2 rings (SSSR count). The molecule has 0 spiro atoms. The molecule has 4 heteroatoms. The normalized spacial score (nSPS) is 10.1. The Morgan fingerprint density at radius 1 is 1.28 bits per heavy atom. The molecule has 4 nitrogen and oxygen atoms in total. The summed E-state index contributed by atoms with van der Waals surface area (Å²) in [5, 5.41) is 2.76. The van der Waals surface area contributed by atoms with Crippen LogP contribution in [0.2, 0.25) is 0 Å². The number of hydrogen-bond acceptors (Lipinski definition) is 3. The summed E-state index contributed by atoms with van der Waals surface area (Å²) in [5.41, 5.74) is 2.04. The zero-order chi connectivity index (χ0) is 13.0. The van der Waals surface area contributed by atoms with Gasteiger partial charge < -0.3 is 9.73 Å². The fraction of sp³-hybridized carbons (Fsp3) is 0.143. The Morgan fingerprint density at radius 2 is 2.11 bits per heavy atom. The minimum Gasteiger partial charge on any atom is -0.430 e. The Balaban J connectivity index is 2.00.